The number of hydrogen-bond acceptors (Lipinski definition) is 4. The summed E-state index contributed by atoms with van der Waals surface area (Å²) >= 11 is 0. The molecule has 1 aliphatic heterocycles. The molecule has 4 heteroatoms. The first kappa shape index (κ1) is 14.3. The standard InChI is InChI=1S/C15H24N2O2/c1-17(8-6-14-12-19-9-7-16-14)11-13-4-3-5-15(10-13)18-2/h3-5,10,14,16H,6-9,11-12H2,1-2H3. The van der Waals surface area contributed by atoms with E-state index in [1.165, 1.54) is 5.56 Å². The second-order valence-electron chi connectivity index (χ2n) is 5.10. The van der Waals surface area contributed by atoms with Crippen LogP contribution < -0.4 is 10.1 Å². The Kier molecular flexibility index (Phi) is 5.63. The summed E-state index contributed by atoms with van der Waals surface area (Å²) < 4.78 is 10.7. The van der Waals surface area contributed by atoms with E-state index >= 15 is 0 Å². The van der Waals surface area contributed by atoms with Crippen molar-refractivity contribution in [2.24, 2.45) is 0 Å². The first-order valence-electron chi connectivity index (χ1n) is 6.90. The van der Waals surface area contributed by atoms with Gasteiger partial charge in [-0.05, 0) is 37.7 Å². The van der Waals surface area contributed by atoms with Crippen molar-refractivity contribution in [1.82, 2.24) is 10.2 Å². The maximum absolute atomic E-state index is 5.47. The van der Waals surface area contributed by atoms with Gasteiger partial charge < -0.3 is 19.7 Å². The first-order valence-corrected chi connectivity index (χ1v) is 6.90. The van der Waals surface area contributed by atoms with Gasteiger partial charge in [0.25, 0.3) is 0 Å². The molecule has 1 atom stereocenters. The Morgan fingerprint density at radius 3 is 3.11 bits per heavy atom. The highest BCUT2D eigenvalue weighted by atomic mass is 16.5. The van der Waals surface area contributed by atoms with Crippen LogP contribution in [-0.2, 0) is 11.3 Å². The molecule has 1 aliphatic rings. The summed E-state index contributed by atoms with van der Waals surface area (Å²) in [5.74, 6) is 0.924. The Labute approximate surface area is 115 Å². The van der Waals surface area contributed by atoms with Gasteiger partial charge in [-0.15, -0.1) is 0 Å². The summed E-state index contributed by atoms with van der Waals surface area (Å²) in [5.41, 5.74) is 1.29. The molecule has 2 rings (SSSR count). The van der Waals surface area contributed by atoms with Gasteiger partial charge in [-0.2, -0.15) is 0 Å². The van der Waals surface area contributed by atoms with Crippen molar-refractivity contribution in [2.45, 2.75) is 19.0 Å². The average Bonchev–Trinajstić information content (AvgIpc) is 2.46. The topological polar surface area (TPSA) is 33.7 Å². The van der Waals surface area contributed by atoms with Gasteiger partial charge in [0.2, 0.25) is 0 Å². The number of nitrogens with zero attached hydrogens (tertiary/aromatic N) is 1. The molecular weight excluding hydrogens is 240 g/mol. The van der Waals surface area contributed by atoms with Crippen molar-refractivity contribution in [3.8, 4) is 5.75 Å². The van der Waals surface area contributed by atoms with Gasteiger partial charge >= 0.3 is 0 Å². The van der Waals surface area contributed by atoms with Crippen LogP contribution in [0.25, 0.3) is 0 Å². The van der Waals surface area contributed by atoms with E-state index < -0.39 is 0 Å². The van der Waals surface area contributed by atoms with Gasteiger partial charge in [0.1, 0.15) is 5.75 Å². The van der Waals surface area contributed by atoms with Crippen molar-refractivity contribution in [2.75, 3.05) is 40.5 Å². The third-order valence-corrected chi connectivity index (χ3v) is 3.44. The Morgan fingerprint density at radius 1 is 1.47 bits per heavy atom. The highest BCUT2D eigenvalue weighted by Gasteiger charge is 2.13. The molecule has 0 aliphatic carbocycles. The van der Waals surface area contributed by atoms with E-state index in [4.69, 9.17) is 9.47 Å². The smallest absolute Gasteiger partial charge is 0.119 e. The summed E-state index contributed by atoms with van der Waals surface area (Å²) in [4.78, 5) is 2.34. The number of ether oxygens (including phenoxy) is 2. The van der Waals surface area contributed by atoms with Crippen LogP contribution in [0.3, 0.4) is 0 Å². The fraction of sp³-hybridized carbons (Fsp3) is 0.600. The lowest BCUT2D eigenvalue weighted by atomic mass is 10.1. The Balaban J connectivity index is 1.75. The fourth-order valence-electron chi connectivity index (χ4n) is 2.34. The molecule has 106 valence electrons. The molecule has 1 unspecified atom stereocenters. The monoisotopic (exact) mass is 264 g/mol. The first-order chi connectivity index (χ1) is 9.28. The number of rotatable bonds is 6. The summed E-state index contributed by atoms with van der Waals surface area (Å²) in [6.07, 6.45) is 1.13. The fourth-order valence-corrected chi connectivity index (χ4v) is 2.34. The largest absolute Gasteiger partial charge is 0.497 e. The summed E-state index contributed by atoms with van der Waals surface area (Å²) in [6, 6.07) is 8.76. The van der Waals surface area contributed by atoms with E-state index in [0.717, 1.165) is 45.0 Å². The van der Waals surface area contributed by atoms with Crippen LogP contribution in [0.5, 0.6) is 5.75 Å². The molecule has 1 aromatic carbocycles. The molecule has 19 heavy (non-hydrogen) atoms. The van der Waals surface area contributed by atoms with E-state index in [2.05, 4.69) is 29.4 Å². The van der Waals surface area contributed by atoms with Crippen molar-refractivity contribution in [3.63, 3.8) is 0 Å². The van der Waals surface area contributed by atoms with E-state index in [9.17, 15) is 0 Å². The second-order valence-corrected chi connectivity index (χ2v) is 5.10. The minimum absolute atomic E-state index is 0.501. The molecule has 1 N–H and O–H groups in total. The van der Waals surface area contributed by atoms with Crippen LogP contribution in [0.2, 0.25) is 0 Å². The maximum atomic E-state index is 5.47. The normalized spacial score (nSPS) is 19.6. The zero-order chi connectivity index (χ0) is 13.5. The highest BCUT2D eigenvalue weighted by molar-refractivity contribution is 5.28. The van der Waals surface area contributed by atoms with E-state index in [-0.39, 0.29) is 0 Å². The third kappa shape index (κ3) is 4.82. The Morgan fingerprint density at radius 2 is 2.37 bits per heavy atom. The van der Waals surface area contributed by atoms with Gasteiger partial charge in [0.05, 0.1) is 20.3 Å². The highest BCUT2D eigenvalue weighted by Crippen LogP contribution is 2.14. The van der Waals surface area contributed by atoms with Gasteiger partial charge in [-0.25, -0.2) is 0 Å². The molecule has 1 fully saturated rings. The van der Waals surface area contributed by atoms with Gasteiger partial charge in [0.15, 0.2) is 0 Å². The molecule has 0 amide bonds. The van der Waals surface area contributed by atoms with Gasteiger partial charge in [-0.1, -0.05) is 12.1 Å². The van der Waals surface area contributed by atoms with Crippen LogP contribution in [0.15, 0.2) is 24.3 Å². The number of methoxy groups -OCH3 is 1. The lowest BCUT2D eigenvalue weighted by molar-refractivity contribution is 0.0708. The quantitative estimate of drug-likeness (QED) is 0.844. The maximum Gasteiger partial charge on any atom is 0.119 e. The van der Waals surface area contributed by atoms with E-state index in [1.807, 2.05) is 12.1 Å². The molecule has 4 nitrogen and oxygen atoms in total. The lowest BCUT2D eigenvalue weighted by Crippen LogP contribution is -2.42. The number of nitrogens with one attached hydrogen (secondary N) is 1. The Bertz CT molecular complexity index is 378. The van der Waals surface area contributed by atoms with Gasteiger partial charge in [0, 0.05) is 19.1 Å². The van der Waals surface area contributed by atoms with Crippen molar-refractivity contribution in [1.29, 1.82) is 0 Å². The summed E-state index contributed by atoms with van der Waals surface area (Å²) in [5, 5.41) is 3.48. The number of hydrogen-bond donors (Lipinski definition) is 1. The van der Waals surface area contributed by atoms with E-state index in [1.54, 1.807) is 7.11 Å². The Hall–Kier alpha value is -1.10. The van der Waals surface area contributed by atoms with Crippen molar-refractivity contribution in [3.05, 3.63) is 29.8 Å². The number of benzene rings is 1. The molecular formula is C15H24N2O2. The average molecular weight is 264 g/mol. The predicted octanol–water partition coefficient (Wildman–Crippen LogP) is 1.51. The van der Waals surface area contributed by atoms with Crippen LogP contribution >= 0.6 is 0 Å². The van der Waals surface area contributed by atoms with Crippen LogP contribution in [0, 0.1) is 0 Å². The van der Waals surface area contributed by atoms with E-state index in [0.29, 0.717) is 6.04 Å². The zero-order valence-electron chi connectivity index (χ0n) is 11.9. The molecule has 1 saturated heterocycles. The minimum atomic E-state index is 0.501. The SMILES string of the molecule is COc1cccc(CN(C)CCC2COCCN2)c1. The second kappa shape index (κ2) is 7.48. The summed E-state index contributed by atoms with van der Waals surface area (Å²) in [6.45, 7) is 4.68. The van der Waals surface area contributed by atoms with Crippen LogP contribution in [-0.4, -0.2) is 51.4 Å². The molecule has 0 saturated carbocycles. The molecule has 0 aromatic heterocycles. The minimum Gasteiger partial charge on any atom is -0.497 e. The molecule has 0 radical (unpaired) electrons. The summed E-state index contributed by atoms with van der Waals surface area (Å²) in [7, 11) is 3.86. The predicted molar refractivity (Wildman–Crippen MR) is 76.6 cm³/mol. The third-order valence-electron chi connectivity index (χ3n) is 3.44. The number of morpholine rings is 1. The van der Waals surface area contributed by atoms with Crippen LogP contribution in [0.4, 0.5) is 0 Å². The van der Waals surface area contributed by atoms with Gasteiger partial charge in [-0.3, -0.25) is 0 Å². The van der Waals surface area contributed by atoms with Crippen molar-refractivity contribution < 1.29 is 9.47 Å². The molecule has 1 aromatic rings. The van der Waals surface area contributed by atoms with Crippen LogP contribution in [0.1, 0.15) is 12.0 Å². The zero-order valence-corrected chi connectivity index (χ0v) is 11.9. The molecule has 1 heterocycles. The lowest BCUT2D eigenvalue weighted by Gasteiger charge is -2.26. The molecule has 0 spiro atoms. The van der Waals surface area contributed by atoms with Crippen molar-refractivity contribution >= 4 is 0 Å². The molecule has 0 bridgehead atoms.